The standard InChI is InChI=1S/C16H26O4Si/c1-9-12(20-21(7,8)14(2,3)4)16(6)13(18)19-11-15(16,5)10-17/h1,10,12H,11H2,2-8H3/t12-,15+,16-/m0/s1. The molecule has 1 heterocycles. The van der Waals surface area contributed by atoms with Gasteiger partial charge in [0.15, 0.2) is 8.32 Å². The molecule has 1 aliphatic heterocycles. The second-order valence-corrected chi connectivity index (χ2v) is 12.5. The van der Waals surface area contributed by atoms with Gasteiger partial charge in [0.1, 0.15) is 24.4 Å². The summed E-state index contributed by atoms with van der Waals surface area (Å²) in [5, 5.41) is -0.0431. The van der Waals surface area contributed by atoms with Crippen LogP contribution in [0.1, 0.15) is 34.6 Å². The molecule has 0 bridgehead atoms. The Morgan fingerprint density at radius 1 is 1.43 bits per heavy atom. The van der Waals surface area contributed by atoms with Crippen LogP contribution in [0.2, 0.25) is 18.1 Å². The van der Waals surface area contributed by atoms with E-state index in [0.717, 1.165) is 6.29 Å². The molecular weight excluding hydrogens is 284 g/mol. The van der Waals surface area contributed by atoms with Gasteiger partial charge in [-0.25, -0.2) is 0 Å². The lowest BCUT2D eigenvalue weighted by atomic mass is 9.65. The van der Waals surface area contributed by atoms with Gasteiger partial charge in [-0.1, -0.05) is 26.7 Å². The van der Waals surface area contributed by atoms with Gasteiger partial charge in [-0.15, -0.1) is 6.42 Å². The Balaban J connectivity index is 3.24. The lowest BCUT2D eigenvalue weighted by Crippen LogP contribution is -2.54. The molecule has 1 aliphatic rings. The normalized spacial score (nSPS) is 31.4. The minimum Gasteiger partial charge on any atom is -0.464 e. The Bertz CT molecular complexity index is 485. The van der Waals surface area contributed by atoms with Crippen LogP contribution in [-0.2, 0) is 18.8 Å². The van der Waals surface area contributed by atoms with Crippen LogP contribution < -0.4 is 0 Å². The molecular formula is C16H26O4Si. The molecule has 0 amide bonds. The minimum absolute atomic E-state index is 0.0431. The van der Waals surface area contributed by atoms with Crippen LogP contribution in [-0.4, -0.2) is 33.3 Å². The number of carbonyl (C=O) groups excluding carboxylic acids is 2. The minimum atomic E-state index is -2.17. The fourth-order valence-corrected chi connectivity index (χ4v) is 3.35. The van der Waals surface area contributed by atoms with E-state index in [4.69, 9.17) is 15.6 Å². The van der Waals surface area contributed by atoms with Gasteiger partial charge in [0.05, 0.1) is 5.41 Å². The largest absolute Gasteiger partial charge is 0.464 e. The summed E-state index contributed by atoms with van der Waals surface area (Å²) >= 11 is 0. The second kappa shape index (κ2) is 5.26. The van der Waals surface area contributed by atoms with Crippen LogP contribution in [0.25, 0.3) is 0 Å². The number of ether oxygens (including phenoxy) is 1. The van der Waals surface area contributed by atoms with E-state index in [9.17, 15) is 9.59 Å². The molecule has 0 unspecified atom stereocenters. The van der Waals surface area contributed by atoms with E-state index >= 15 is 0 Å². The average Bonchev–Trinajstić information content (AvgIpc) is 2.60. The predicted octanol–water partition coefficient (Wildman–Crippen LogP) is 2.78. The van der Waals surface area contributed by atoms with Crippen molar-refractivity contribution in [2.75, 3.05) is 6.61 Å². The van der Waals surface area contributed by atoms with Gasteiger partial charge in [0.25, 0.3) is 0 Å². The Morgan fingerprint density at radius 3 is 2.33 bits per heavy atom. The molecule has 118 valence electrons. The summed E-state index contributed by atoms with van der Waals surface area (Å²) in [6.07, 6.45) is 5.64. The first-order valence-electron chi connectivity index (χ1n) is 7.13. The summed E-state index contributed by atoms with van der Waals surface area (Å²) in [4.78, 5) is 23.8. The Hall–Kier alpha value is -1.12. The van der Waals surface area contributed by atoms with Crippen molar-refractivity contribution in [3.8, 4) is 12.3 Å². The molecule has 1 saturated heterocycles. The van der Waals surface area contributed by atoms with Crippen molar-refractivity contribution >= 4 is 20.6 Å². The highest BCUT2D eigenvalue weighted by Gasteiger charge is 2.63. The van der Waals surface area contributed by atoms with Gasteiger partial charge in [0.2, 0.25) is 0 Å². The highest BCUT2D eigenvalue weighted by Crippen LogP contribution is 2.49. The van der Waals surface area contributed by atoms with E-state index in [1.54, 1.807) is 13.8 Å². The molecule has 0 aromatic rings. The summed E-state index contributed by atoms with van der Waals surface area (Å²) in [5.74, 6) is 2.13. The van der Waals surface area contributed by atoms with Crippen LogP contribution in [0.5, 0.6) is 0 Å². The van der Waals surface area contributed by atoms with Gasteiger partial charge in [-0.3, -0.25) is 4.79 Å². The quantitative estimate of drug-likeness (QED) is 0.347. The van der Waals surface area contributed by atoms with E-state index < -0.39 is 31.2 Å². The highest BCUT2D eigenvalue weighted by molar-refractivity contribution is 6.74. The maximum atomic E-state index is 12.3. The number of carbonyl (C=O) groups is 2. The zero-order chi connectivity index (χ0) is 16.7. The average molecular weight is 310 g/mol. The SMILES string of the molecule is C#C[C@H](O[Si](C)(C)C(C)(C)C)[C@@]1(C)C(=O)OC[C@@]1(C)C=O. The lowest BCUT2D eigenvalue weighted by molar-refractivity contribution is -0.151. The third-order valence-electron chi connectivity index (χ3n) is 5.27. The summed E-state index contributed by atoms with van der Waals surface area (Å²) < 4.78 is 11.4. The van der Waals surface area contributed by atoms with E-state index in [0.29, 0.717) is 0 Å². The number of cyclic esters (lactones) is 1. The number of aldehydes is 1. The third-order valence-corrected chi connectivity index (χ3v) is 9.71. The molecule has 0 aromatic carbocycles. The second-order valence-electron chi connectivity index (χ2n) is 7.74. The lowest BCUT2D eigenvalue weighted by Gasteiger charge is -2.43. The molecule has 0 saturated carbocycles. The van der Waals surface area contributed by atoms with Crippen molar-refractivity contribution in [1.29, 1.82) is 0 Å². The molecule has 0 aliphatic carbocycles. The van der Waals surface area contributed by atoms with Crippen molar-refractivity contribution in [2.45, 2.75) is 58.9 Å². The van der Waals surface area contributed by atoms with Crippen LogP contribution in [0.3, 0.4) is 0 Å². The molecule has 4 nitrogen and oxygen atoms in total. The van der Waals surface area contributed by atoms with Crippen molar-refractivity contribution < 1.29 is 18.8 Å². The molecule has 5 heteroatoms. The van der Waals surface area contributed by atoms with Crippen molar-refractivity contribution in [1.82, 2.24) is 0 Å². The summed E-state index contributed by atoms with van der Waals surface area (Å²) in [6.45, 7) is 13.9. The molecule has 0 spiro atoms. The van der Waals surface area contributed by atoms with Gasteiger partial charge < -0.3 is 14.0 Å². The fourth-order valence-electron chi connectivity index (χ4n) is 2.10. The molecule has 0 radical (unpaired) electrons. The van der Waals surface area contributed by atoms with E-state index in [1.807, 2.05) is 0 Å². The molecule has 3 atom stereocenters. The fraction of sp³-hybridized carbons (Fsp3) is 0.750. The number of hydrogen-bond acceptors (Lipinski definition) is 4. The van der Waals surface area contributed by atoms with Gasteiger partial charge in [-0.2, -0.15) is 0 Å². The monoisotopic (exact) mass is 310 g/mol. The first-order chi connectivity index (χ1) is 9.35. The number of terminal acetylenes is 1. The predicted molar refractivity (Wildman–Crippen MR) is 84.1 cm³/mol. The van der Waals surface area contributed by atoms with E-state index in [1.165, 1.54) is 0 Å². The van der Waals surface area contributed by atoms with Crippen LogP contribution in [0, 0.1) is 23.2 Å². The smallest absolute Gasteiger partial charge is 0.316 e. The molecule has 21 heavy (non-hydrogen) atoms. The van der Waals surface area contributed by atoms with Gasteiger partial charge in [-0.05, 0) is 32.0 Å². The molecule has 0 N–H and O–H groups in total. The topological polar surface area (TPSA) is 52.6 Å². The van der Waals surface area contributed by atoms with Gasteiger partial charge in [0, 0.05) is 0 Å². The molecule has 1 rings (SSSR count). The summed E-state index contributed by atoms with van der Waals surface area (Å²) in [5.41, 5.74) is -2.12. The number of rotatable bonds is 4. The highest BCUT2D eigenvalue weighted by atomic mass is 28.4. The maximum absolute atomic E-state index is 12.3. The van der Waals surface area contributed by atoms with Gasteiger partial charge >= 0.3 is 5.97 Å². The summed E-state index contributed by atoms with van der Waals surface area (Å²) in [6, 6.07) is 0. The van der Waals surface area contributed by atoms with Crippen molar-refractivity contribution in [2.24, 2.45) is 10.8 Å². The van der Waals surface area contributed by atoms with E-state index in [-0.39, 0.29) is 11.6 Å². The van der Waals surface area contributed by atoms with Crippen molar-refractivity contribution in [3.05, 3.63) is 0 Å². The first-order valence-corrected chi connectivity index (χ1v) is 10.0. The van der Waals surface area contributed by atoms with Crippen LogP contribution >= 0.6 is 0 Å². The Morgan fingerprint density at radius 2 is 1.95 bits per heavy atom. The summed E-state index contributed by atoms with van der Waals surface area (Å²) in [7, 11) is -2.17. The molecule has 0 aromatic heterocycles. The maximum Gasteiger partial charge on any atom is 0.316 e. The van der Waals surface area contributed by atoms with Crippen LogP contribution in [0.15, 0.2) is 0 Å². The zero-order valence-electron chi connectivity index (χ0n) is 14.1. The Labute approximate surface area is 128 Å². The molecule has 1 fully saturated rings. The number of esters is 1. The van der Waals surface area contributed by atoms with Crippen molar-refractivity contribution in [3.63, 3.8) is 0 Å². The first kappa shape index (κ1) is 17.9. The number of hydrogen-bond donors (Lipinski definition) is 0. The Kier molecular flexibility index (Phi) is 4.49. The van der Waals surface area contributed by atoms with Crippen LogP contribution in [0.4, 0.5) is 0 Å². The third kappa shape index (κ3) is 2.67. The van der Waals surface area contributed by atoms with E-state index in [2.05, 4.69) is 39.8 Å². The zero-order valence-corrected chi connectivity index (χ0v) is 15.1.